The lowest BCUT2D eigenvalue weighted by atomic mass is 9.43. The molecule has 4 saturated carbocycles. The van der Waals surface area contributed by atoms with Gasteiger partial charge in [-0.3, -0.25) is 0 Å². The lowest BCUT2D eigenvalue weighted by molar-refractivity contribution is -0.0399. The van der Waals surface area contributed by atoms with E-state index < -0.39 is 88.4 Å². The Balaban J connectivity index is 1.24. The van der Waals surface area contributed by atoms with E-state index in [1.807, 2.05) is 39.8 Å². The molecule has 12 rings (SSSR count). The Bertz CT molecular complexity index is 3160. The SMILES string of the molecule is [2H]c1c([2H])c(N(c2ccc3c(c2)C2(c4ccccc4-3)C3CC4CC(C3)CC2C4)c2c([2H])c([2H])c3c(c2[2H])C(C)(C)CCC3(C)C)c([2H])c([2H])c1-c1c([2H])c([2H])c([2H])c2c([2H])c([2H])c([2H])c([2H])c12. The molecule has 0 unspecified atom stereocenters. The summed E-state index contributed by atoms with van der Waals surface area (Å²) >= 11 is 0. The molecule has 6 aliphatic carbocycles. The zero-order valence-electron chi connectivity index (χ0n) is 44.7. The molecule has 0 saturated heterocycles. The molecule has 1 heteroatoms. The summed E-state index contributed by atoms with van der Waals surface area (Å²) in [5, 5.41) is -0.732. The Hall–Kier alpha value is -4.62. The molecule has 0 N–H and O–H groups in total. The highest BCUT2D eigenvalue weighted by Gasteiger charge is 2.61. The molecule has 0 aromatic heterocycles. The van der Waals surface area contributed by atoms with Gasteiger partial charge in [0.05, 0.1) is 19.2 Å². The van der Waals surface area contributed by atoms with Crippen LogP contribution in [0.5, 0.6) is 0 Å². The van der Waals surface area contributed by atoms with Crippen LogP contribution in [0.15, 0.2) is 127 Å². The summed E-state index contributed by atoms with van der Waals surface area (Å²) in [6.07, 6.45) is 7.15. The van der Waals surface area contributed by atoms with Crippen molar-refractivity contribution in [1.82, 2.24) is 0 Å². The Morgan fingerprint density at radius 2 is 1.21 bits per heavy atom. The topological polar surface area (TPSA) is 3.24 Å². The smallest absolute Gasteiger partial charge is 0.0648 e. The third-order valence-corrected chi connectivity index (χ3v) is 13.9. The summed E-state index contributed by atoms with van der Waals surface area (Å²) in [5.41, 5.74) is 3.57. The second-order valence-corrected chi connectivity index (χ2v) is 17.7. The van der Waals surface area contributed by atoms with Crippen molar-refractivity contribution in [3.05, 3.63) is 149 Å². The zero-order valence-corrected chi connectivity index (χ0v) is 30.7. The van der Waals surface area contributed by atoms with Crippen molar-refractivity contribution in [1.29, 1.82) is 0 Å². The minimum absolute atomic E-state index is 0.0387. The van der Waals surface area contributed by atoms with Crippen LogP contribution in [0.1, 0.15) is 114 Å². The second kappa shape index (κ2) is 11.2. The van der Waals surface area contributed by atoms with E-state index in [1.165, 1.54) is 16.9 Å². The van der Waals surface area contributed by atoms with E-state index in [1.54, 1.807) is 0 Å². The predicted octanol–water partition coefficient (Wildman–Crippen LogP) is 14.0. The van der Waals surface area contributed by atoms with Gasteiger partial charge < -0.3 is 4.90 Å². The first kappa shape index (κ1) is 20.7. The van der Waals surface area contributed by atoms with Crippen LogP contribution in [0.2, 0.25) is 0 Å². The summed E-state index contributed by atoms with van der Waals surface area (Å²) in [6, 6.07) is 7.02. The summed E-state index contributed by atoms with van der Waals surface area (Å²) in [6.45, 7) is 8.12. The fraction of sp³-hybridized carbons (Fsp3) is 0.346. The minimum Gasteiger partial charge on any atom is -0.310 e. The maximum absolute atomic E-state index is 10.2. The Kier molecular flexibility index (Phi) is 4.38. The van der Waals surface area contributed by atoms with E-state index >= 15 is 0 Å². The van der Waals surface area contributed by atoms with E-state index in [2.05, 4.69) is 30.3 Å². The van der Waals surface area contributed by atoms with Crippen LogP contribution in [0, 0.1) is 23.7 Å². The monoisotopic (exact) mass is 703 g/mol. The first-order chi connectivity index (χ1) is 31.6. The van der Waals surface area contributed by atoms with Crippen LogP contribution in [0.4, 0.5) is 17.1 Å². The third-order valence-electron chi connectivity index (χ3n) is 13.9. The summed E-state index contributed by atoms with van der Waals surface area (Å²) in [5.74, 6) is 2.10. The highest BCUT2D eigenvalue weighted by Crippen LogP contribution is 2.69. The van der Waals surface area contributed by atoms with Crippen molar-refractivity contribution in [2.24, 2.45) is 23.7 Å². The predicted molar refractivity (Wildman–Crippen MR) is 223 cm³/mol. The lowest BCUT2D eigenvalue weighted by Gasteiger charge is -2.61. The van der Waals surface area contributed by atoms with Gasteiger partial charge in [0.25, 0.3) is 0 Å². The van der Waals surface area contributed by atoms with Crippen molar-refractivity contribution < 1.29 is 19.2 Å². The van der Waals surface area contributed by atoms with Gasteiger partial charge in [-0.1, -0.05) is 118 Å². The third kappa shape index (κ3) is 4.55. The van der Waals surface area contributed by atoms with E-state index in [4.69, 9.17) is 9.60 Å². The summed E-state index contributed by atoms with van der Waals surface area (Å²) in [4.78, 5) is 1.48. The fourth-order valence-corrected chi connectivity index (χ4v) is 11.6. The molecular weight excluding hydrogens is 639 g/mol. The normalized spacial score (nSPS) is 30.4. The molecule has 0 aliphatic heterocycles. The van der Waals surface area contributed by atoms with Gasteiger partial charge >= 0.3 is 0 Å². The Labute approximate surface area is 335 Å². The number of fused-ring (bicyclic) bond motifs is 5. The summed E-state index contributed by atoms with van der Waals surface area (Å²) in [7, 11) is 0. The first-order valence-corrected chi connectivity index (χ1v) is 19.4. The number of rotatable bonds is 4. The molecule has 1 nitrogen and oxygen atoms in total. The highest BCUT2D eigenvalue weighted by molar-refractivity contribution is 5.97. The van der Waals surface area contributed by atoms with Crippen LogP contribution < -0.4 is 4.90 Å². The molecule has 4 fully saturated rings. The minimum atomic E-state index is -0.701. The van der Waals surface area contributed by atoms with Gasteiger partial charge in [0.15, 0.2) is 0 Å². The van der Waals surface area contributed by atoms with E-state index in [9.17, 15) is 9.60 Å². The lowest BCUT2D eigenvalue weighted by Crippen LogP contribution is -2.55. The number of benzene rings is 6. The van der Waals surface area contributed by atoms with Crippen molar-refractivity contribution in [3.63, 3.8) is 0 Å². The van der Waals surface area contributed by atoms with Crippen LogP contribution in [0.25, 0.3) is 33.0 Å². The van der Waals surface area contributed by atoms with E-state index in [0.717, 1.165) is 48.8 Å². The van der Waals surface area contributed by atoms with Gasteiger partial charge in [0.1, 0.15) is 0 Å². The molecule has 1 spiro atoms. The number of hydrogen-bond acceptors (Lipinski definition) is 1. The standard InChI is InChI=1S/C52H51N/c1-50(2)24-25-51(3,4)49-32-41(21-23-47(49)50)53(39-18-16-36(17-19-39)43-14-9-11-35-10-5-6-12-42(35)43)40-20-22-45-44-13-7-8-15-46(44)52(48(45)31-40)37-27-33-26-34(29-37)30-38(52)28-33/h5-23,31-34,37-38H,24-30H2,1-4H3/i5D,6D,9D,10D,11D,12D,14D,16D,17D,18D,19D,21D,23D,32D. The van der Waals surface area contributed by atoms with Crippen molar-refractivity contribution in [2.75, 3.05) is 4.90 Å². The van der Waals surface area contributed by atoms with Crippen molar-refractivity contribution in [3.8, 4) is 22.3 Å². The molecule has 6 aliphatic rings. The second-order valence-electron chi connectivity index (χ2n) is 17.7. The van der Waals surface area contributed by atoms with Gasteiger partial charge in [-0.05, 0) is 171 Å². The van der Waals surface area contributed by atoms with Crippen LogP contribution in [-0.2, 0) is 16.2 Å². The fourth-order valence-electron chi connectivity index (χ4n) is 11.6. The zero-order chi connectivity index (χ0) is 47.9. The number of anilines is 3. The quantitative estimate of drug-likeness (QED) is 0.177. The maximum Gasteiger partial charge on any atom is 0.0648 e. The van der Waals surface area contributed by atoms with Crippen LogP contribution in [-0.4, -0.2) is 0 Å². The molecule has 6 aromatic rings. The van der Waals surface area contributed by atoms with Crippen molar-refractivity contribution >= 4 is 27.8 Å². The maximum atomic E-state index is 10.2. The molecule has 4 bridgehead atoms. The molecule has 264 valence electrons. The summed E-state index contributed by atoms with van der Waals surface area (Å²) < 4.78 is 130. The Morgan fingerprint density at radius 3 is 1.98 bits per heavy atom. The van der Waals surface area contributed by atoms with Crippen LogP contribution >= 0.6 is 0 Å². The molecule has 6 aromatic carbocycles. The average Bonchev–Trinajstić information content (AvgIpc) is 3.57. The van der Waals surface area contributed by atoms with Crippen LogP contribution in [0.3, 0.4) is 0 Å². The van der Waals surface area contributed by atoms with E-state index in [0.29, 0.717) is 46.9 Å². The molecule has 53 heavy (non-hydrogen) atoms. The molecule has 0 radical (unpaired) electrons. The van der Waals surface area contributed by atoms with Gasteiger partial charge in [0.2, 0.25) is 0 Å². The van der Waals surface area contributed by atoms with Gasteiger partial charge in [-0.15, -0.1) is 0 Å². The largest absolute Gasteiger partial charge is 0.310 e. The highest BCUT2D eigenvalue weighted by atomic mass is 15.1. The molecule has 0 amide bonds. The Morgan fingerprint density at radius 1 is 0.547 bits per heavy atom. The molecular formula is C52H51N. The van der Waals surface area contributed by atoms with Gasteiger partial charge in [-0.25, -0.2) is 0 Å². The molecule has 0 atom stereocenters. The average molecular weight is 704 g/mol. The molecule has 0 heterocycles. The first-order valence-electron chi connectivity index (χ1n) is 26.4. The van der Waals surface area contributed by atoms with Gasteiger partial charge in [-0.2, -0.15) is 0 Å². The van der Waals surface area contributed by atoms with Crippen molar-refractivity contribution in [2.45, 2.75) is 88.9 Å². The number of nitrogens with zero attached hydrogens (tertiary/aromatic N) is 1. The van der Waals surface area contributed by atoms with Gasteiger partial charge in [0, 0.05) is 22.5 Å². The number of hydrogen-bond donors (Lipinski definition) is 0. The van der Waals surface area contributed by atoms with E-state index in [-0.39, 0.29) is 45.7 Å².